The van der Waals surface area contributed by atoms with Crippen LogP contribution in [0.15, 0.2) is 54.6 Å². The van der Waals surface area contributed by atoms with Crippen LogP contribution in [0.4, 0.5) is 11.4 Å². The largest absolute Gasteiger partial charge is 0.397 e. The summed E-state index contributed by atoms with van der Waals surface area (Å²) in [7, 11) is 2.07. The molecule has 0 aliphatic rings. The molecule has 3 rings (SSSR count). The molecule has 0 bridgehead atoms. The molecule has 0 fully saturated rings. The quantitative estimate of drug-likeness (QED) is 0.741. The van der Waals surface area contributed by atoms with Crippen molar-refractivity contribution < 1.29 is 0 Å². The van der Waals surface area contributed by atoms with Crippen LogP contribution in [0.2, 0.25) is 0 Å². The van der Waals surface area contributed by atoms with Gasteiger partial charge in [0.25, 0.3) is 0 Å². The number of nitrogens with two attached hydrogens (primary N) is 1. The van der Waals surface area contributed by atoms with Crippen LogP contribution in [0.3, 0.4) is 0 Å². The Kier molecular flexibility index (Phi) is 3.48. The molecule has 106 valence electrons. The summed E-state index contributed by atoms with van der Waals surface area (Å²) in [5.41, 5.74) is 11.3. The average molecular weight is 277 g/mol. The van der Waals surface area contributed by atoms with E-state index >= 15 is 0 Å². The van der Waals surface area contributed by atoms with Crippen LogP contribution in [0.1, 0.15) is 11.3 Å². The molecular formula is C18H19N3. The molecule has 21 heavy (non-hydrogen) atoms. The number of fused-ring (bicyclic) bond motifs is 1. The Morgan fingerprint density at radius 2 is 1.76 bits per heavy atom. The number of anilines is 2. The summed E-state index contributed by atoms with van der Waals surface area (Å²) in [6.45, 7) is 2.84. The molecule has 0 unspecified atom stereocenters. The van der Waals surface area contributed by atoms with E-state index in [2.05, 4.69) is 41.2 Å². The maximum atomic E-state index is 6.06. The van der Waals surface area contributed by atoms with Crippen molar-refractivity contribution in [3.63, 3.8) is 0 Å². The van der Waals surface area contributed by atoms with Gasteiger partial charge in [-0.15, -0.1) is 0 Å². The van der Waals surface area contributed by atoms with E-state index < -0.39 is 0 Å². The first-order valence-electron chi connectivity index (χ1n) is 7.06. The van der Waals surface area contributed by atoms with E-state index in [-0.39, 0.29) is 0 Å². The van der Waals surface area contributed by atoms with Crippen molar-refractivity contribution in [3.05, 3.63) is 65.9 Å². The SMILES string of the molecule is Cc1cc(CN(C)c2ccccc2N)c2ccccc2n1. The third kappa shape index (κ3) is 2.68. The summed E-state index contributed by atoms with van der Waals surface area (Å²) < 4.78 is 0. The highest BCUT2D eigenvalue weighted by Crippen LogP contribution is 2.25. The Hall–Kier alpha value is -2.55. The number of para-hydroxylation sites is 3. The maximum Gasteiger partial charge on any atom is 0.0708 e. The molecular weight excluding hydrogens is 258 g/mol. The number of nitrogens with zero attached hydrogens (tertiary/aromatic N) is 2. The van der Waals surface area contributed by atoms with Crippen molar-refractivity contribution in [2.24, 2.45) is 0 Å². The van der Waals surface area contributed by atoms with Gasteiger partial charge in [-0.05, 0) is 36.8 Å². The molecule has 3 aromatic rings. The van der Waals surface area contributed by atoms with Crippen molar-refractivity contribution in [2.75, 3.05) is 17.7 Å². The maximum absolute atomic E-state index is 6.06. The van der Waals surface area contributed by atoms with Gasteiger partial charge in [0.1, 0.15) is 0 Å². The molecule has 1 aromatic heterocycles. The first kappa shape index (κ1) is 13.4. The highest BCUT2D eigenvalue weighted by molar-refractivity contribution is 5.82. The molecule has 0 saturated heterocycles. The topological polar surface area (TPSA) is 42.1 Å². The molecule has 3 heteroatoms. The van der Waals surface area contributed by atoms with Gasteiger partial charge in [-0.1, -0.05) is 30.3 Å². The highest BCUT2D eigenvalue weighted by atomic mass is 15.1. The van der Waals surface area contributed by atoms with E-state index in [1.165, 1.54) is 10.9 Å². The van der Waals surface area contributed by atoms with Gasteiger partial charge in [-0.3, -0.25) is 4.98 Å². The second-order valence-electron chi connectivity index (χ2n) is 5.35. The van der Waals surface area contributed by atoms with E-state index in [1.54, 1.807) is 0 Å². The van der Waals surface area contributed by atoms with Crippen LogP contribution >= 0.6 is 0 Å². The molecule has 0 aliphatic carbocycles. The van der Waals surface area contributed by atoms with Gasteiger partial charge in [0.2, 0.25) is 0 Å². The third-order valence-corrected chi connectivity index (χ3v) is 3.69. The lowest BCUT2D eigenvalue weighted by Crippen LogP contribution is -2.18. The van der Waals surface area contributed by atoms with Crippen molar-refractivity contribution in [1.82, 2.24) is 4.98 Å². The molecule has 0 aliphatic heterocycles. The van der Waals surface area contributed by atoms with Crippen LogP contribution in [-0.4, -0.2) is 12.0 Å². The van der Waals surface area contributed by atoms with Crippen LogP contribution in [0, 0.1) is 6.92 Å². The normalized spacial score (nSPS) is 10.8. The molecule has 2 N–H and O–H groups in total. The van der Waals surface area contributed by atoms with Crippen LogP contribution in [0.5, 0.6) is 0 Å². The van der Waals surface area contributed by atoms with E-state index in [9.17, 15) is 0 Å². The molecule has 0 radical (unpaired) electrons. The monoisotopic (exact) mass is 277 g/mol. The lowest BCUT2D eigenvalue weighted by atomic mass is 10.1. The molecule has 0 saturated carbocycles. The number of rotatable bonds is 3. The van der Waals surface area contributed by atoms with Gasteiger partial charge >= 0.3 is 0 Å². The lowest BCUT2D eigenvalue weighted by molar-refractivity contribution is 0.928. The molecule has 0 amide bonds. The number of hydrogen-bond donors (Lipinski definition) is 1. The van der Waals surface area contributed by atoms with Gasteiger partial charge < -0.3 is 10.6 Å². The standard InChI is InChI=1S/C18H19N3/c1-13-11-14(15-7-3-5-9-17(15)20-13)12-21(2)18-10-6-4-8-16(18)19/h3-11H,12,19H2,1-2H3. The predicted molar refractivity (Wildman–Crippen MR) is 89.4 cm³/mol. The van der Waals surface area contributed by atoms with E-state index in [1.807, 2.05) is 37.3 Å². The average Bonchev–Trinajstić information content (AvgIpc) is 2.47. The Morgan fingerprint density at radius 1 is 1.05 bits per heavy atom. The van der Waals surface area contributed by atoms with Crippen LogP contribution < -0.4 is 10.6 Å². The second-order valence-corrected chi connectivity index (χ2v) is 5.35. The Labute approximate surface area is 125 Å². The summed E-state index contributed by atoms with van der Waals surface area (Å²) >= 11 is 0. The predicted octanol–water partition coefficient (Wildman–Crippen LogP) is 3.76. The summed E-state index contributed by atoms with van der Waals surface area (Å²) in [6, 6.07) is 18.4. The Balaban J connectivity index is 2.00. The summed E-state index contributed by atoms with van der Waals surface area (Å²) in [4.78, 5) is 6.77. The number of aromatic nitrogens is 1. The fourth-order valence-corrected chi connectivity index (χ4v) is 2.70. The summed E-state index contributed by atoms with van der Waals surface area (Å²) in [6.07, 6.45) is 0. The Bertz CT molecular complexity index is 780. The van der Waals surface area contributed by atoms with Crippen molar-refractivity contribution in [3.8, 4) is 0 Å². The zero-order valence-corrected chi connectivity index (χ0v) is 12.4. The van der Waals surface area contributed by atoms with Crippen molar-refractivity contribution in [1.29, 1.82) is 0 Å². The summed E-state index contributed by atoms with van der Waals surface area (Å²) in [5, 5.41) is 1.20. The van der Waals surface area contributed by atoms with Crippen LogP contribution in [-0.2, 0) is 6.54 Å². The third-order valence-electron chi connectivity index (χ3n) is 3.69. The van der Waals surface area contributed by atoms with E-state index in [0.717, 1.165) is 29.1 Å². The minimum Gasteiger partial charge on any atom is -0.397 e. The fourth-order valence-electron chi connectivity index (χ4n) is 2.70. The number of pyridine rings is 1. The minimum absolute atomic E-state index is 0.801. The zero-order valence-electron chi connectivity index (χ0n) is 12.4. The minimum atomic E-state index is 0.801. The number of aryl methyl sites for hydroxylation is 1. The lowest BCUT2D eigenvalue weighted by Gasteiger charge is -2.22. The smallest absolute Gasteiger partial charge is 0.0708 e. The van der Waals surface area contributed by atoms with Crippen LogP contribution in [0.25, 0.3) is 10.9 Å². The molecule has 0 atom stereocenters. The number of nitrogen functional groups attached to an aromatic ring is 1. The molecule has 1 heterocycles. The van der Waals surface area contributed by atoms with Gasteiger partial charge in [0.05, 0.1) is 16.9 Å². The van der Waals surface area contributed by atoms with Gasteiger partial charge in [0, 0.05) is 24.7 Å². The fraction of sp³-hybridized carbons (Fsp3) is 0.167. The zero-order chi connectivity index (χ0) is 14.8. The van der Waals surface area contributed by atoms with E-state index in [4.69, 9.17) is 5.73 Å². The van der Waals surface area contributed by atoms with Crippen molar-refractivity contribution >= 4 is 22.3 Å². The number of hydrogen-bond acceptors (Lipinski definition) is 3. The van der Waals surface area contributed by atoms with E-state index in [0.29, 0.717) is 0 Å². The van der Waals surface area contributed by atoms with Gasteiger partial charge in [0.15, 0.2) is 0 Å². The first-order valence-corrected chi connectivity index (χ1v) is 7.06. The Morgan fingerprint density at radius 3 is 2.57 bits per heavy atom. The highest BCUT2D eigenvalue weighted by Gasteiger charge is 2.09. The second kappa shape index (κ2) is 5.44. The van der Waals surface area contributed by atoms with Crippen molar-refractivity contribution in [2.45, 2.75) is 13.5 Å². The number of benzene rings is 2. The summed E-state index contributed by atoms with van der Waals surface area (Å²) in [5.74, 6) is 0. The van der Waals surface area contributed by atoms with Gasteiger partial charge in [-0.25, -0.2) is 0 Å². The first-order chi connectivity index (χ1) is 10.1. The molecule has 2 aromatic carbocycles. The van der Waals surface area contributed by atoms with Gasteiger partial charge in [-0.2, -0.15) is 0 Å². The molecule has 0 spiro atoms. The molecule has 3 nitrogen and oxygen atoms in total.